The highest BCUT2D eigenvalue weighted by molar-refractivity contribution is 7.99. The highest BCUT2D eigenvalue weighted by atomic mass is 32.2. The fraction of sp³-hybridized carbons (Fsp3) is 0.467. The second kappa shape index (κ2) is 7.36. The van der Waals surface area contributed by atoms with Gasteiger partial charge in [-0.3, -0.25) is 0 Å². The quantitative estimate of drug-likeness (QED) is 0.798. The van der Waals surface area contributed by atoms with Gasteiger partial charge in [0.05, 0.1) is 5.56 Å². The van der Waals surface area contributed by atoms with Crippen LogP contribution in [0.2, 0.25) is 0 Å². The predicted molar refractivity (Wildman–Crippen MR) is 85.1 cm³/mol. The van der Waals surface area contributed by atoms with Crippen molar-refractivity contribution < 1.29 is 14.7 Å². The zero-order valence-corrected chi connectivity index (χ0v) is 12.8. The number of urea groups is 1. The number of rotatable bonds is 4. The SMILES string of the molecule is CSC1CCCCC1NC(=O)Nc1cccc(C(=O)O)c1. The maximum atomic E-state index is 12.0. The first-order valence-electron chi connectivity index (χ1n) is 7.04. The van der Waals surface area contributed by atoms with Crippen molar-refractivity contribution in [1.29, 1.82) is 0 Å². The molecule has 2 rings (SSSR count). The Balaban J connectivity index is 1.95. The van der Waals surface area contributed by atoms with Crippen LogP contribution in [0.25, 0.3) is 0 Å². The van der Waals surface area contributed by atoms with Gasteiger partial charge in [-0.05, 0) is 37.3 Å². The number of benzene rings is 1. The van der Waals surface area contributed by atoms with Crippen LogP contribution >= 0.6 is 11.8 Å². The van der Waals surface area contributed by atoms with Gasteiger partial charge in [0.25, 0.3) is 0 Å². The van der Waals surface area contributed by atoms with E-state index in [1.807, 2.05) is 0 Å². The predicted octanol–water partition coefficient (Wildman–Crippen LogP) is 3.18. The van der Waals surface area contributed by atoms with Crippen LogP contribution in [-0.2, 0) is 0 Å². The molecule has 0 aromatic heterocycles. The van der Waals surface area contributed by atoms with E-state index in [0.717, 1.165) is 19.3 Å². The topological polar surface area (TPSA) is 78.4 Å². The van der Waals surface area contributed by atoms with Crippen LogP contribution in [0.4, 0.5) is 10.5 Å². The second-order valence-electron chi connectivity index (χ2n) is 5.15. The molecule has 2 amide bonds. The lowest BCUT2D eigenvalue weighted by Crippen LogP contribution is -2.45. The summed E-state index contributed by atoms with van der Waals surface area (Å²) in [7, 11) is 0. The summed E-state index contributed by atoms with van der Waals surface area (Å²) < 4.78 is 0. The molecule has 6 heteroatoms. The van der Waals surface area contributed by atoms with E-state index >= 15 is 0 Å². The number of hydrogen-bond donors (Lipinski definition) is 3. The van der Waals surface area contributed by atoms with Crippen molar-refractivity contribution in [1.82, 2.24) is 5.32 Å². The number of carbonyl (C=O) groups excluding carboxylic acids is 1. The maximum Gasteiger partial charge on any atom is 0.335 e. The molecule has 0 spiro atoms. The van der Waals surface area contributed by atoms with Crippen molar-refractivity contribution in [3.05, 3.63) is 29.8 Å². The number of anilines is 1. The van der Waals surface area contributed by atoms with Crippen molar-refractivity contribution in [3.63, 3.8) is 0 Å². The summed E-state index contributed by atoms with van der Waals surface area (Å²) in [5.41, 5.74) is 0.649. The molecule has 5 nitrogen and oxygen atoms in total. The smallest absolute Gasteiger partial charge is 0.335 e. The largest absolute Gasteiger partial charge is 0.478 e. The lowest BCUT2D eigenvalue weighted by Gasteiger charge is -2.30. The molecule has 0 aliphatic heterocycles. The lowest BCUT2D eigenvalue weighted by atomic mass is 9.95. The molecule has 0 bridgehead atoms. The van der Waals surface area contributed by atoms with Crippen LogP contribution in [0.1, 0.15) is 36.0 Å². The van der Waals surface area contributed by atoms with Crippen LogP contribution < -0.4 is 10.6 Å². The molecule has 2 atom stereocenters. The molecule has 114 valence electrons. The number of amides is 2. The summed E-state index contributed by atoms with van der Waals surface area (Å²) in [5.74, 6) is -1.01. The number of carboxylic acid groups (broad SMARTS) is 1. The Morgan fingerprint density at radius 2 is 2.05 bits per heavy atom. The van der Waals surface area contributed by atoms with Crippen LogP contribution in [0.5, 0.6) is 0 Å². The molecule has 1 aromatic carbocycles. The average molecular weight is 308 g/mol. The Kier molecular flexibility index (Phi) is 5.50. The van der Waals surface area contributed by atoms with E-state index in [0.29, 0.717) is 10.9 Å². The van der Waals surface area contributed by atoms with Crippen LogP contribution in [-0.4, -0.2) is 34.7 Å². The molecule has 1 fully saturated rings. The molecule has 2 unspecified atom stereocenters. The van der Waals surface area contributed by atoms with Crippen molar-refractivity contribution in [3.8, 4) is 0 Å². The first-order valence-corrected chi connectivity index (χ1v) is 8.32. The molecule has 3 N–H and O–H groups in total. The lowest BCUT2D eigenvalue weighted by molar-refractivity contribution is 0.0697. The van der Waals surface area contributed by atoms with E-state index in [-0.39, 0.29) is 17.6 Å². The molecule has 1 aliphatic rings. The number of thioether (sulfide) groups is 1. The van der Waals surface area contributed by atoms with Crippen LogP contribution in [0, 0.1) is 0 Å². The van der Waals surface area contributed by atoms with Crippen LogP contribution in [0.15, 0.2) is 24.3 Å². The number of carboxylic acids is 1. The van der Waals surface area contributed by atoms with Gasteiger partial charge < -0.3 is 15.7 Å². The number of aromatic carboxylic acids is 1. The molecule has 0 saturated heterocycles. The molecular formula is C15H20N2O3S. The summed E-state index contributed by atoms with van der Waals surface area (Å²) in [6.07, 6.45) is 6.54. The van der Waals surface area contributed by atoms with E-state index in [1.165, 1.54) is 18.6 Å². The van der Waals surface area contributed by atoms with Gasteiger partial charge in [-0.25, -0.2) is 9.59 Å². The van der Waals surface area contributed by atoms with E-state index in [4.69, 9.17) is 5.11 Å². The molecule has 1 aliphatic carbocycles. The number of nitrogens with one attached hydrogen (secondary N) is 2. The van der Waals surface area contributed by atoms with E-state index < -0.39 is 5.97 Å². The van der Waals surface area contributed by atoms with Gasteiger partial charge in [0.1, 0.15) is 0 Å². The molecule has 21 heavy (non-hydrogen) atoms. The van der Waals surface area contributed by atoms with Crippen molar-refractivity contribution in [2.45, 2.75) is 37.0 Å². The van der Waals surface area contributed by atoms with Gasteiger partial charge in [0.15, 0.2) is 0 Å². The maximum absolute atomic E-state index is 12.0. The second-order valence-corrected chi connectivity index (χ2v) is 6.23. The Morgan fingerprint density at radius 1 is 1.29 bits per heavy atom. The minimum Gasteiger partial charge on any atom is -0.478 e. The highest BCUT2D eigenvalue weighted by Gasteiger charge is 2.25. The standard InChI is InChI=1S/C15H20N2O3S/c1-21-13-8-3-2-7-12(13)17-15(20)16-11-6-4-5-10(9-11)14(18)19/h4-6,9,12-13H,2-3,7-8H2,1H3,(H,18,19)(H2,16,17,20). The zero-order chi connectivity index (χ0) is 15.2. The average Bonchev–Trinajstić information content (AvgIpc) is 2.48. The third-order valence-electron chi connectivity index (χ3n) is 3.69. The summed E-state index contributed by atoms with van der Waals surface area (Å²) in [6.45, 7) is 0. The van der Waals surface area contributed by atoms with Crippen LogP contribution in [0.3, 0.4) is 0 Å². The Hall–Kier alpha value is -1.69. The van der Waals surface area contributed by atoms with Gasteiger partial charge in [-0.1, -0.05) is 18.9 Å². The van der Waals surface area contributed by atoms with Crippen molar-refractivity contribution in [2.75, 3.05) is 11.6 Å². The minimum atomic E-state index is -1.01. The van der Waals surface area contributed by atoms with Gasteiger partial charge in [0.2, 0.25) is 0 Å². The fourth-order valence-electron chi connectivity index (χ4n) is 2.61. The van der Waals surface area contributed by atoms with E-state index in [9.17, 15) is 9.59 Å². The fourth-order valence-corrected chi connectivity index (χ4v) is 3.54. The van der Waals surface area contributed by atoms with Crippen molar-refractivity contribution in [2.24, 2.45) is 0 Å². The monoisotopic (exact) mass is 308 g/mol. The summed E-state index contributed by atoms with van der Waals surface area (Å²) in [4.78, 5) is 23.0. The summed E-state index contributed by atoms with van der Waals surface area (Å²) in [5, 5.41) is 15.1. The molecule has 1 saturated carbocycles. The van der Waals surface area contributed by atoms with Gasteiger partial charge in [-0.2, -0.15) is 11.8 Å². The molecular weight excluding hydrogens is 288 g/mol. The Morgan fingerprint density at radius 3 is 2.76 bits per heavy atom. The summed E-state index contributed by atoms with van der Waals surface area (Å²) >= 11 is 1.79. The van der Waals surface area contributed by atoms with Gasteiger partial charge >= 0.3 is 12.0 Å². The van der Waals surface area contributed by atoms with Crippen molar-refractivity contribution >= 4 is 29.4 Å². The minimum absolute atomic E-state index is 0.160. The normalized spacial score (nSPS) is 21.6. The molecule has 0 heterocycles. The number of carbonyl (C=O) groups is 2. The van der Waals surface area contributed by atoms with E-state index in [1.54, 1.807) is 23.9 Å². The third-order valence-corrected chi connectivity index (χ3v) is 4.86. The highest BCUT2D eigenvalue weighted by Crippen LogP contribution is 2.27. The first-order chi connectivity index (χ1) is 10.1. The molecule has 1 aromatic rings. The Labute approximate surface area is 128 Å². The van der Waals surface area contributed by atoms with Gasteiger partial charge in [0, 0.05) is 17.0 Å². The third kappa shape index (κ3) is 4.39. The zero-order valence-electron chi connectivity index (χ0n) is 12.0. The Bertz CT molecular complexity index is 521. The first kappa shape index (κ1) is 15.7. The summed E-state index contributed by atoms with van der Waals surface area (Å²) in [6, 6.07) is 6.15. The molecule has 0 radical (unpaired) electrons. The van der Waals surface area contributed by atoms with E-state index in [2.05, 4.69) is 16.9 Å². The number of hydrogen-bond acceptors (Lipinski definition) is 3. The van der Waals surface area contributed by atoms with Gasteiger partial charge in [-0.15, -0.1) is 0 Å².